The maximum absolute atomic E-state index is 12.2. The molecule has 0 radical (unpaired) electrons. The Kier molecular flexibility index (Phi) is 10.0. The summed E-state index contributed by atoms with van der Waals surface area (Å²) in [5.74, 6) is -2.51. The van der Waals surface area contributed by atoms with E-state index in [9.17, 15) is 22.8 Å². The molecule has 2 atom stereocenters. The van der Waals surface area contributed by atoms with Crippen molar-refractivity contribution >= 4 is 36.2 Å². The largest absolute Gasteiger partial charge is 1.00 e. The maximum Gasteiger partial charge on any atom is 1.00 e. The molecular formula is C14H27N2NaO7SSi. The minimum Gasteiger partial charge on any atom is -1.00 e. The fourth-order valence-corrected chi connectivity index (χ4v) is 7.27. The summed E-state index contributed by atoms with van der Waals surface area (Å²) in [4.78, 5) is 35.8. The van der Waals surface area contributed by atoms with Gasteiger partial charge in [-0.1, -0.05) is 38.9 Å². The minimum atomic E-state index is -4.90. The van der Waals surface area contributed by atoms with Crippen LogP contribution in [0.15, 0.2) is 0 Å². The number of carbonyl (C=O) groups is 3. The van der Waals surface area contributed by atoms with Gasteiger partial charge in [0.15, 0.2) is 6.04 Å². The second-order valence-corrected chi connectivity index (χ2v) is 13.1. The van der Waals surface area contributed by atoms with Crippen molar-refractivity contribution in [3.8, 4) is 0 Å². The number of esters is 1. The first-order chi connectivity index (χ1) is 11.6. The molecule has 0 aromatic heterocycles. The number of rotatable bonds is 9. The third kappa shape index (κ3) is 5.52. The van der Waals surface area contributed by atoms with Crippen LogP contribution < -0.4 is 34.9 Å². The molecule has 0 aromatic carbocycles. The van der Waals surface area contributed by atoms with Gasteiger partial charge in [0.25, 0.3) is 5.91 Å². The fourth-order valence-electron chi connectivity index (χ4n) is 3.12. The topological polar surface area (TPSA) is 130 Å². The Hall–Kier alpha value is -0.463. The molecule has 26 heavy (non-hydrogen) atoms. The molecule has 2 unspecified atom stereocenters. The smallest absolute Gasteiger partial charge is 1.00 e. The Morgan fingerprint density at radius 3 is 2.15 bits per heavy atom. The van der Waals surface area contributed by atoms with E-state index in [2.05, 4.69) is 30.8 Å². The summed E-state index contributed by atoms with van der Waals surface area (Å²) >= 11 is 0. The zero-order valence-corrected chi connectivity index (χ0v) is 19.8. The van der Waals surface area contributed by atoms with Crippen LogP contribution in [0.5, 0.6) is 0 Å². The van der Waals surface area contributed by atoms with Crippen LogP contribution in [0.3, 0.4) is 0 Å². The summed E-state index contributed by atoms with van der Waals surface area (Å²) in [5.41, 5.74) is 0. The van der Waals surface area contributed by atoms with Crippen LogP contribution >= 0.6 is 0 Å². The number of hydrogen-bond acceptors (Lipinski definition) is 6. The first kappa shape index (κ1) is 25.5. The summed E-state index contributed by atoms with van der Waals surface area (Å²) in [6.45, 7) is 6.34. The molecule has 0 aliphatic carbocycles. The Morgan fingerprint density at radius 2 is 1.77 bits per heavy atom. The molecule has 0 spiro atoms. The van der Waals surface area contributed by atoms with Gasteiger partial charge in [0, 0.05) is 6.42 Å². The number of hydrogen-bond donors (Lipinski definition) is 2. The number of amides is 2. The van der Waals surface area contributed by atoms with E-state index in [1.165, 1.54) is 0 Å². The molecule has 2 N–H and O–H groups in total. The summed E-state index contributed by atoms with van der Waals surface area (Å²) in [7, 11) is -5.39. The Bertz CT molecular complexity index is 637. The Labute approximate surface area is 178 Å². The van der Waals surface area contributed by atoms with Crippen molar-refractivity contribution in [1.29, 1.82) is 0 Å². The summed E-state index contributed by atoms with van der Waals surface area (Å²) in [5, 5.41) is 2.39. The molecule has 1 saturated heterocycles. The molecule has 146 valence electrons. The molecular weight excluding hydrogens is 391 g/mol. The van der Waals surface area contributed by atoms with E-state index < -0.39 is 48.2 Å². The van der Waals surface area contributed by atoms with Crippen molar-refractivity contribution in [3.05, 3.63) is 0 Å². The summed E-state index contributed by atoms with van der Waals surface area (Å²) in [6, 6.07) is 0.990. The number of methoxy groups -OCH3 is 1. The van der Waals surface area contributed by atoms with Crippen LogP contribution in [0.4, 0.5) is 0 Å². The third-order valence-electron chi connectivity index (χ3n) is 5.19. The van der Waals surface area contributed by atoms with E-state index in [1.54, 1.807) is 0 Å². The van der Waals surface area contributed by atoms with Gasteiger partial charge in [-0.25, -0.2) is 4.79 Å². The van der Waals surface area contributed by atoms with Crippen LogP contribution in [0.25, 0.3) is 0 Å². The van der Waals surface area contributed by atoms with E-state index >= 15 is 0 Å². The number of nitrogens with one attached hydrogen (secondary N) is 1. The van der Waals surface area contributed by atoms with Gasteiger partial charge in [-0.2, -0.15) is 12.7 Å². The van der Waals surface area contributed by atoms with Crippen LogP contribution in [-0.4, -0.2) is 62.3 Å². The third-order valence-corrected chi connectivity index (χ3v) is 11.9. The van der Waals surface area contributed by atoms with E-state index in [0.717, 1.165) is 31.3 Å². The van der Waals surface area contributed by atoms with Gasteiger partial charge in [0.2, 0.25) is 5.91 Å². The molecule has 0 aromatic rings. The van der Waals surface area contributed by atoms with E-state index in [-0.39, 0.29) is 41.7 Å². The van der Waals surface area contributed by atoms with E-state index in [4.69, 9.17) is 4.55 Å². The SMILES string of the molecule is CC[Si](CC)(CC)CCC(=O)NC1C(=O)N(S(=O)(=O)O)C1C(=O)OC.[H-].[Na+]. The zero-order valence-electron chi connectivity index (χ0n) is 16.9. The standard InChI is InChI=1S/C14H26N2O7SSi.Na.H/c1-5-25(6-2,7-3)9-8-10(17)15-11-12(14(19)23-4)16(13(11)18)24(20,21)22;;/h11-12H,5-9H2,1-4H3,(H,15,17)(H,20,21,22);;/q;+1;-1. The summed E-state index contributed by atoms with van der Waals surface area (Å²) in [6.07, 6.45) is 0.214. The predicted molar refractivity (Wildman–Crippen MR) is 93.9 cm³/mol. The predicted octanol–water partition coefficient (Wildman–Crippen LogP) is -2.33. The van der Waals surface area contributed by atoms with Crippen LogP contribution in [0.1, 0.15) is 28.6 Å². The molecule has 1 aliphatic rings. The Balaban J connectivity index is 0. The quantitative estimate of drug-likeness (QED) is 0.186. The molecule has 0 saturated carbocycles. The van der Waals surface area contributed by atoms with Gasteiger partial charge in [-0.3, -0.25) is 14.1 Å². The maximum atomic E-state index is 12.2. The second kappa shape index (κ2) is 10.2. The van der Waals surface area contributed by atoms with E-state index in [0.29, 0.717) is 0 Å². The molecule has 1 fully saturated rings. The zero-order chi connectivity index (χ0) is 19.4. The molecule has 9 nitrogen and oxygen atoms in total. The van der Waals surface area contributed by atoms with Gasteiger partial charge in [0.1, 0.15) is 6.04 Å². The number of β-lactam (4-membered cyclic amide) rings is 1. The average molecular weight is 419 g/mol. The first-order valence-electron chi connectivity index (χ1n) is 8.24. The van der Waals surface area contributed by atoms with Gasteiger partial charge >= 0.3 is 45.8 Å². The van der Waals surface area contributed by atoms with Crippen molar-refractivity contribution in [1.82, 2.24) is 9.62 Å². The van der Waals surface area contributed by atoms with Gasteiger partial charge < -0.3 is 11.5 Å². The Morgan fingerprint density at radius 1 is 1.27 bits per heavy atom. The molecule has 1 aliphatic heterocycles. The van der Waals surface area contributed by atoms with Crippen molar-refractivity contribution in [2.24, 2.45) is 0 Å². The van der Waals surface area contributed by atoms with Crippen molar-refractivity contribution in [2.45, 2.75) is 63.5 Å². The molecule has 0 bridgehead atoms. The van der Waals surface area contributed by atoms with Crippen LogP contribution in [0, 0.1) is 0 Å². The number of carbonyl (C=O) groups excluding carboxylic acids is 3. The van der Waals surface area contributed by atoms with Gasteiger partial charge in [-0.15, -0.1) is 0 Å². The van der Waals surface area contributed by atoms with Gasteiger partial charge in [0.05, 0.1) is 15.2 Å². The number of ether oxygens (including phenoxy) is 1. The van der Waals surface area contributed by atoms with E-state index in [1.807, 2.05) is 0 Å². The minimum absolute atomic E-state index is 0. The van der Waals surface area contributed by atoms with Crippen molar-refractivity contribution in [2.75, 3.05) is 7.11 Å². The normalized spacial score (nSPS) is 20.0. The molecule has 12 heteroatoms. The monoisotopic (exact) mass is 418 g/mol. The number of nitrogens with zero attached hydrogens (tertiary/aromatic N) is 1. The molecule has 1 heterocycles. The fraction of sp³-hybridized carbons (Fsp3) is 0.786. The van der Waals surface area contributed by atoms with Crippen molar-refractivity contribution in [3.63, 3.8) is 0 Å². The first-order valence-corrected chi connectivity index (χ1v) is 12.5. The van der Waals surface area contributed by atoms with Crippen molar-refractivity contribution < 1.29 is 63.1 Å². The molecule has 1 rings (SSSR count). The van der Waals surface area contributed by atoms with Crippen LogP contribution in [0.2, 0.25) is 24.2 Å². The molecule has 2 amide bonds. The average Bonchev–Trinajstić information content (AvgIpc) is 2.57. The second-order valence-electron chi connectivity index (χ2n) is 6.19. The van der Waals surface area contributed by atoms with Crippen LogP contribution in [-0.2, 0) is 29.4 Å². The van der Waals surface area contributed by atoms with Gasteiger partial charge in [-0.05, 0) is 6.04 Å². The summed E-state index contributed by atoms with van der Waals surface area (Å²) < 4.78 is 35.9.